The summed E-state index contributed by atoms with van der Waals surface area (Å²) in [6, 6.07) is 17.3. The summed E-state index contributed by atoms with van der Waals surface area (Å²) < 4.78 is 0. The molecule has 2 nitrogen and oxygen atoms in total. The maximum atomic E-state index is 10.0. The summed E-state index contributed by atoms with van der Waals surface area (Å²) in [6.45, 7) is 0.0295. The van der Waals surface area contributed by atoms with Crippen LogP contribution < -0.4 is 0 Å². The summed E-state index contributed by atoms with van der Waals surface area (Å²) in [6.07, 6.45) is 3.95. The summed E-state index contributed by atoms with van der Waals surface area (Å²) in [5.74, 6) is 0. The molecule has 0 saturated heterocycles. The minimum absolute atomic E-state index is 0.0295. The van der Waals surface area contributed by atoms with Crippen molar-refractivity contribution < 1.29 is 10.2 Å². The van der Waals surface area contributed by atoms with Gasteiger partial charge in [-0.25, -0.2) is 0 Å². The first kappa shape index (κ1) is 13.5. The van der Waals surface area contributed by atoms with Crippen LogP contribution in [0.5, 0.6) is 0 Å². The third-order valence-electron chi connectivity index (χ3n) is 3.07. The van der Waals surface area contributed by atoms with Gasteiger partial charge >= 0.3 is 0 Å². The highest BCUT2D eigenvalue weighted by Crippen LogP contribution is 2.18. The van der Waals surface area contributed by atoms with E-state index in [1.54, 1.807) is 0 Å². The van der Waals surface area contributed by atoms with Gasteiger partial charge in [-0.1, -0.05) is 66.7 Å². The van der Waals surface area contributed by atoms with E-state index in [2.05, 4.69) is 0 Å². The van der Waals surface area contributed by atoms with Gasteiger partial charge in [-0.05, 0) is 23.1 Å². The summed E-state index contributed by atoms with van der Waals surface area (Å²) in [5.41, 5.74) is 2.81. The van der Waals surface area contributed by atoms with Gasteiger partial charge in [0.2, 0.25) is 0 Å². The second kappa shape index (κ2) is 6.88. The fourth-order valence-corrected chi connectivity index (χ4v) is 1.98. The van der Waals surface area contributed by atoms with Crippen LogP contribution in [0, 0.1) is 0 Å². The first-order valence-corrected chi connectivity index (χ1v) is 6.39. The van der Waals surface area contributed by atoms with Crippen molar-refractivity contribution in [2.75, 3.05) is 0 Å². The number of aliphatic hydroxyl groups excluding tert-OH is 2. The van der Waals surface area contributed by atoms with Gasteiger partial charge in [-0.3, -0.25) is 0 Å². The van der Waals surface area contributed by atoms with Crippen LogP contribution in [0.3, 0.4) is 0 Å². The van der Waals surface area contributed by atoms with Crippen molar-refractivity contribution in [2.24, 2.45) is 0 Å². The second-order valence-electron chi connectivity index (χ2n) is 4.42. The third-order valence-corrected chi connectivity index (χ3v) is 3.07. The zero-order valence-corrected chi connectivity index (χ0v) is 10.7. The Morgan fingerprint density at radius 1 is 0.947 bits per heavy atom. The van der Waals surface area contributed by atoms with E-state index in [1.165, 1.54) is 0 Å². The topological polar surface area (TPSA) is 40.5 Å². The second-order valence-corrected chi connectivity index (χ2v) is 4.42. The highest BCUT2D eigenvalue weighted by atomic mass is 16.3. The molecule has 2 aromatic rings. The number of hydrogen-bond acceptors (Lipinski definition) is 2. The molecule has 2 N–H and O–H groups in total. The van der Waals surface area contributed by atoms with Gasteiger partial charge in [0.1, 0.15) is 0 Å². The van der Waals surface area contributed by atoms with E-state index >= 15 is 0 Å². The molecule has 1 atom stereocenters. The van der Waals surface area contributed by atoms with Crippen molar-refractivity contribution in [3.63, 3.8) is 0 Å². The Morgan fingerprint density at radius 2 is 1.63 bits per heavy atom. The predicted octanol–water partition coefficient (Wildman–Crippen LogP) is 3.32. The van der Waals surface area contributed by atoms with Crippen molar-refractivity contribution in [1.82, 2.24) is 0 Å². The number of aliphatic hydroxyl groups is 2. The Hall–Kier alpha value is -1.90. The molecule has 0 spiro atoms. The van der Waals surface area contributed by atoms with Gasteiger partial charge < -0.3 is 10.2 Å². The van der Waals surface area contributed by atoms with Crippen LogP contribution >= 0.6 is 0 Å². The van der Waals surface area contributed by atoms with E-state index < -0.39 is 6.10 Å². The summed E-state index contributed by atoms with van der Waals surface area (Å²) in [7, 11) is 0. The average Bonchev–Trinajstić information content (AvgIpc) is 2.48. The van der Waals surface area contributed by atoms with Gasteiger partial charge in [0.15, 0.2) is 0 Å². The SMILES string of the molecule is OCc1ccccc1/C=C\CC(O)c1ccccc1. The van der Waals surface area contributed by atoms with E-state index in [1.807, 2.05) is 66.7 Å². The highest BCUT2D eigenvalue weighted by Gasteiger charge is 2.04. The molecule has 0 aromatic heterocycles. The molecule has 0 radical (unpaired) electrons. The van der Waals surface area contributed by atoms with E-state index in [-0.39, 0.29) is 6.61 Å². The van der Waals surface area contributed by atoms with Crippen molar-refractivity contribution in [3.05, 3.63) is 77.4 Å². The normalized spacial score (nSPS) is 12.7. The van der Waals surface area contributed by atoms with Crippen LogP contribution in [0.15, 0.2) is 60.7 Å². The van der Waals surface area contributed by atoms with Gasteiger partial charge in [0, 0.05) is 0 Å². The van der Waals surface area contributed by atoms with Gasteiger partial charge in [0.05, 0.1) is 12.7 Å². The van der Waals surface area contributed by atoms with Gasteiger partial charge in [0.25, 0.3) is 0 Å². The Balaban J connectivity index is 2.00. The maximum absolute atomic E-state index is 10.0. The molecule has 0 bridgehead atoms. The minimum atomic E-state index is -0.487. The zero-order valence-electron chi connectivity index (χ0n) is 10.7. The molecule has 98 valence electrons. The van der Waals surface area contributed by atoms with Crippen molar-refractivity contribution in [1.29, 1.82) is 0 Å². The largest absolute Gasteiger partial charge is 0.392 e. The molecule has 19 heavy (non-hydrogen) atoms. The van der Waals surface area contributed by atoms with E-state index in [0.29, 0.717) is 6.42 Å². The van der Waals surface area contributed by atoms with E-state index in [0.717, 1.165) is 16.7 Å². The lowest BCUT2D eigenvalue weighted by atomic mass is 10.0. The fourth-order valence-electron chi connectivity index (χ4n) is 1.98. The van der Waals surface area contributed by atoms with Crippen molar-refractivity contribution in [3.8, 4) is 0 Å². The molecule has 0 aliphatic carbocycles. The lowest BCUT2D eigenvalue weighted by Crippen LogP contribution is -1.94. The van der Waals surface area contributed by atoms with Gasteiger partial charge in [-0.2, -0.15) is 0 Å². The first-order valence-electron chi connectivity index (χ1n) is 6.39. The van der Waals surface area contributed by atoms with E-state index in [4.69, 9.17) is 0 Å². The van der Waals surface area contributed by atoms with E-state index in [9.17, 15) is 10.2 Å². The Morgan fingerprint density at radius 3 is 2.37 bits per heavy atom. The number of benzene rings is 2. The Kier molecular flexibility index (Phi) is 4.90. The summed E-state index contributed by atoms with van der Waals surface area (Å²) >= 11 is 0. The van der Waals surface area contributed by atoms with Crippen LogP contribution in [0.2, 0.25) is 0 Å². The first-order chi connectivity index (χ1) is 9.31. The lowest BCUT2D eigenvalue weighted by Gasteiger charge is -2.08. The quantitative estimate of drug-likeness (QED) is 0.859. The molecule has 2 aromatic carbocycles. The third kappa shape index (κ3) is 3.78. The molecule has 0 heterocycles. The minimum Gasteiger partial charge on any atom is -0.392 e. The molecule has 0 saturated carbocycles. The molecular weight excluding hydrogens is 236 g/mol. The summed E-state index contributed by atoms with van der Waals surface area (Å²) in [4.78, 5) is 0. The average molecular weight is 254 g/mol. The van der Waals surface area contributed by atoms with Crippen LogP contribution in [0.25, 0.3) is 6.08 Å². The molecule has 0 aliphatic heterocycles. The van der Waals surface area contributed by atoms with Crippen LogP contribution in [-0.2, 0) is 6.61 Å². The van der Waals surface area contributed by atoms with Crippen LogP contribution in [-0.4, -0.2) is 10.2 Å². The highest BCUT2D eigenvalue weighted by molar-refractivity contribution is 5.53. The molecule has 0 amide bonds. The Labute approximate surface area is 113 Å². The molecule has 0 fully saturated rings. The molecular formula is C17H18O2. The molecule has 2 rings (SSSR count). The summed E-state index contributed by atoms with van der Waals surface area (Å²) in [5, 5.41) is 19.2. The smallest absolute Gasteiger partial charge is 0.0824 e. The predicted molar refractivity (Wildman–Crippen MR) is 77.4 cm³/mol. The zero-order chi connectivity index (χ0) is 13.5. The van der Waals surface area contributed by atoms with Crippen LogP contribution in [0.1, 0.15) is 29.2 Å². The molecule has 2 heteroatoms. The van der Waals surface area contributed by atoms with Crippen molar-refractivity contribution >= 4 is 6.08 Å². The van der Waals surface area contributed by atoms with Crippen LogP contribution in [0.4, 0.5) is 0 Å². The number of rotatable bonds is 5. The lowest BCUT2D eigenvalue weighted by molar-refractivity contribution is 0.182. The monoisotopic (exact) mass is 254 g/mol. The Bertz CT molecular complexity index is 532. The standard InChI is InChI=1S/C17H18O2/c18-13-16-10-5-4-7-14(16)11-6-12-17(19)15-8-2-1-3-9-15/h1-11,17-19H,12-13H2/b11-6-. The van der Waals surface area contributed by atoms with Gasteiger partial charge in [-0.15, -0.1) is 0 Å². The maximum Gasteiger partial charge on any atom is 0.0824 e. The number of hydrogen-bond donors (Lipinski definition) is 2. The molecule has 1 unspecified atom stereocenters. The molecule has 0 aliphatic rings. The fraction of sp³-hybridized carbons (Fsp3) is 0.176. The van der Waals surface area contributed by atoms with Crippen molar-refractivity contribution in [2.45, 2.75) is 19.1 Å².